The molecule has 2 aromatic rings. The summed E-state index contributed by atoms with van der Waals surface area (Å²) >= 11 is 0. The second-order valence-corrected chi connectivity index (χ2v) is 8.57. The van der Waals surface area contributed by atoms with Crippen LogP contribution in [0.4, 0.5) is 0 Å². The maximum atomic E-state index is 12.9. The Morgan fingerprint density at radius 3 is 2.78 bits per heavy atom. The number of aromatic nitrogens is 1. The van der Waals surface area contributed by atoms with Gasteiger partial charge in [0.2, 0.25) is 5.91 Å². The molecule has 1 aromatic carbocycles. The number of carbonyl (C=O) groups is 1. The zero-order chi connectivity index (χ0) is 22.3. The van der Waals surface area contributed by atoms with E-state index in [4.69, 9.17) is 14.2 Å². The molecule has 2 saturated heterocycles. The Bertz CT molecular complexity index is 886. The van der Waals surface area contributed by atoms with Crippen LogP contribution in [-0.2, 0) is 16.1 Å². The summed E-state index contributed by atoms with van der Waals surface area (Å²) in [5, 5.41) is 3.27. The molecule has 0 saturated carbocycles. The summed E-state index contributed by atoms with van der Waals surface area (Å²) in [6.45, 7) is 3.40. The van der Waals surface area contributed by atoms with Crippen molar-refractivity contribution in [1.82, 2.24) is 15.2 Å². The number of amides is 1. The highest BCUT2D eigenvalue weighted by molar-refractivity contribution is 5.81. The van der Waals surface area contributed by atoms with Crippen molar-refractivity contribution in [3.63, 3.8) is 0 Å². The molecule has 1 aromatic heterocycles. The molecule has 3 atom stereocenters. The normalized spacial score (nSPS) is 22.3. The Hall–Kier alpha value is -2.64. The number of pyridine rings is 1. The Morgan fingerprint density at radius 2 is 2.06 bits per heavy atom. The van der Waals surface area contributed by atoms with E-state index in [1.807, 2.05) is 30.3 Å². The van der Waals surface area contributed by atoms with Crippen molar-refractivity contribution in [2.24, 2.45) is 5.92 Å². The number of benzene rings is 1. The number of hydrogen-bond acceptors (Lipinski definition) is 6. The number of ether oxygens (including phenoxy) is 3. The number of carbonyl (C=O) groups excluding carboxylic acids is 1. The molecule has 2 fully saturated rings. The molecule has 3 heterocycles. The van der Waals surface area contributed by atoms with Crippen molar-refractivity contribution in [3.8, 4) is 11.5 Å². The summed E-state index contributed by atoms with van der Waals surface area (Å²) in [6, 6.07) is 11.9. The third kappa shape index (κ3) is 5.40. The lowest BCUT2D eigenvalue weighted by molar-refractivity contribution is -0.131. The summed E-state index contributed by atoms with van der Waals surface area (Å²) in [6.07, 6.45) is 5.32. The first kappa shape index (κ1) is 22.6. The van der Waals surface area contributed by atoms with Crippen LogP contribution >= 0.6 is 0 Å². The van der Waals surface area contributed by atoms with Crippen LogP contribution in [0.25, 0.3) is 0 Å². The van der Waals surface area contributed by atoms with Crippen molar-refractivity contribution in [3.05, 3.63) is 53.9 Å². The molecule has 2 aliphatic rings. The fourth-order valence-electron chi connectivity index (χ4n) is 4.77. The van der Waals surface area contributed by atoms with Crippen LogP contribution in [0.2, 0.25) is 0 Å². The molecule has 7 heteroatoms. The predicted octanol–water partition coefficient (Wildman–Crippen LogP) is 3.35. The molecule has 7 nitrogen and oxygen atoms in total. The van der Waals surface area contributed by atoms with Crippen LogP contribution in [0.1, 0.15) is 43.0 Å². The van der Waals surface area contributed by atoms with Crippen LogP contribution < -0.4 is 14.8 Å². The minimum atomic E-state index is -0.340. The second-order valence-electron chi connectivity index (χ2n) is 8.57. The molecule has 172 valence electrons. The minimum absolute atomic E-state index is 0.0184. The van der Waals surface area contributed by atoms with Crippen molar-refractivity contribution in [2.45, 2.75) is 44.4 Å². The molecule has 0 radical (unpaired) electrons. The summed E-state index contributed by atoms with van der Waals surface area (Å²) < 4.78 is 16.4. The maximum Gasteiger partial charge on any atom is 0.249 e. The van der Waals surface area contributed by atoms with E-state index in [1.54, 1.807) is 20.4 Å². The van der Waals surface area contributed by atoms with Crippen LogP contribution in [0, 0.1) is 5.92 Å². The molecular weight excluding hydrogens is 406 g/mol. The number of nitrogens with zero attached hydrogens (tertiary/aromatic N) is 2. The summed E-state index contributed by atoms with van der Waals surface area (Å²) in [7, 11) is 3.31. The van der Waals surface area contributed by atoms with Crippen LogP contribution in [0.15, 0.2) is 42.6 Å². The number of hydrogen-bond donors (Lipinski definition) is 1. The zero-order valence-corrected chi connectivity index (χ0v) is 19.0. The van der Waals surface area contributed by atoms with E-state index in [-0.39, 0.29) is 24.0 Å². The average molecular weight is 440 g/mol. The Kier molecular flexibility index (Phi) is 7.60. The van der Waals surface area contributed by atoms with Gasteiger partial charge in [-0.3, -0.25) is 14.7 Å². The van der Waals surface area contributed by atoms with Crippen molar-refractivity contribution in [2.75, 3.05) is 33.9 Å². The molecule has 0 aliphatic carbocycles. The predicted molar refractivity (Wildman–Crippen MR) is 122 cm³/mol. The molecule has 4 rings (SSSR count). The Labute approximate surface area is 190 Å². The molecule has 32 heavy (non-hydrogen) atoms. The van der Waals surface area contributed by atoms with Crippen molar-refractivity contribution < 1.29 is 19.0 Å². The van der Waals surface area contributed by atoms with Crippen LogP contribution in [0.3, 0.4) is 0 Å². The van der Waals surface area contributed by atoms with Gasteiger partial charge in [0.05, 0.1) is 26.0 Å². The summed E-state index contributed by atoms with van der Waals surface area (Å²) in [4.78, 5) is 19.9. The van der Waals surface area contributed by atoms with E-state index < -0.39 is 0 Å². The molecular formula is C25H33N3O4. The van der Waals surface area contributed by atoms with Gasteiger partial charge in [-0.05, 0) is 68.0 Å². The van der Waals surface area contributed by atoms with Crippen LogP contribution in [0.5, 0.6) is 11.5 Å². The summed E-state index contributed by atoms with van der Waals surface area (Å²) in [5.74, 6) is 1.74. The fourth-order valence-corrected chi connectivity index (χ4v) is 4.77. The lowest BCUT2D eigenvalue weighted by Crippen LogP contribution is -2.45. The third-order valence-corrected chi connectivity index (χ3v) is 6.39. The van der Waals surface area contributed by atoms with Gasteiger partial charge in [-0.2, -0.15) is 0 Å². The first-order chi connectivity index (χ1) is 15.7. The van der Waals surface area contributed by atoms with Gasteiger partial charge in [0.1, 0.15) is 6.10 Å². The van der Waals surface area contributed by atoms with E-state index in [1.165, 1.54) is 5.56 Å². The number of piperidine rings is 1. The SMILES string of the molecule is COc1ccc(CN2CCCC(C(NC(=O)C3CCCO3)c3ccccn3)C2)cc1OC. The zero-order valence-electron chi connectivity index (χ0n) is 19.0. The quantitative estimate of drug-likeness (QED) is 0.680. The van der Waals surface area contributed by atoms with Crippen LogP contribution in [-0.4, -0.2) is 55.8 Å². The standard InChI is InChI=1S/C25H33N3O4/c1-30-21-11-10-18(15-23(21)31-2)16-28-13-5-7-19(17-28)24(20-8-3-4-12-26-20)27-25(29)22-9-6-14-32-22/h3-4,8,10-12,15,19,22,24H,5-7,9,13-14,16-17H2,1-2H3,(H,27,29). The highest BCUT2D eigenvalue weighted by Gasteiger charge is 2.33. The number of nitrogens with one attached hydrogen (secondary N) is 1. The smallest absolute Gasteiger partial charge is 0.249 e. The first-order valence-corrected chi connectivity index (χ1v) is 11.4. The average Bonchev–Trinajstić information content (AvgIpc) is 3.38. The largest absolute Gasteiger partial charge is 0.493 e. The molecule has 0 spiro atoms. The Balaban J connectivity index is 1.47. The van der Waals surface area contributed by atoms with Gasteiger partial charge in [0.25, 0.3) is 0 Å². The Morgan fingerprint density at radius 1 is 1.19 bits per heavy atom. The molecule has 2 aliphatic heterocycles. The maximum absolute atomic E-state index is 12.9. The number of likely N-dealkylation sites (tertiary alicyclic amines) is 1. The lowest BCUT2D eigenvalue weighted by atomic mass is 9.88. The van der Waals surface area contributed by atoms with E-state index >= 15 is 0 Å². The highest BCUT2D eigenvalue weighted by Crippen LogP contribution is 2.32. The van der Waals surface area contributed by atoms with Gasteiger partial charge >= 0.3 is 0 Å². The first-order valence-electron chi connectivity index (χ1n) is 11.4. The van der Waals surface area contributed by atoms with Gasteiger partial charge in [-0.25, -0.2) is 0 Å². The lowest BCUT2D eigenvalue weighted by Gasteiger charge is -2.37. The fraction of sp³-hybridized carbons (Fsp3) is 0.520. The topological polar surface area (TPSA) is 72.9 Å². The van der Waals surface area contributed by atoms with Crippen molar-refractivity contribution in [1.29, 1.82) is 0 Å². The van der Waals surface area contributed by atoms with E-state index in [9.17, 15) is 4.79 Å². The summed E-state index contributed by atoms with van der Waals surface area (Å²) in [5.41, 5.74) is 2.10. The molecule has 3 unspecified atom stereocenters. The second kappa shape index (κ2) is 10.8. The van der Waals surface area contributed by atoms with Gasteiger partial charge in [0, 0.05) is 25.9 Å². The highest BCUT2D eigenvalue weighted by atomic mass is 16.5. The van der Waals surface area contributed by atoms with Gasteiger partial charge in [-0.15, -0.1) is 0 Å². The third-order valence-electron chi connectivity index (χ3n) is 6.39. The number of methoxy groups -OCH3 is 2. The van der Waals surface area contributed by atoms with Gasteiger partial charge in [-0.1, -0.05) is 12.1 Å². The van der Waals surface area contributed by atoms with E-state index in [2.05, 4.69) is 21.3 Å². The van der Waals surface area contributed by atoms with Crippen molar-refractivity contribution >= 4 is 5.91 Å². The minimum Gasteiger partial charge on any atom is -0.493 e. The molecule has 1 N–H and O–H groups in total. The monoisotopic (exact) mass is 439 g/mol. The van der Waals surface area contributed by atoms with Gasteiger partial charge in [0.15, 0.2) is 11.5 Å². The van der Waals surface area contributed by atoms with E-state index in [0.717, 1.165) is 62.5 Å². The number of rotatable bonds is 8. The van der Waals surface area contributed by atoms with Gasteiger partial charge < -0.3 is 19.5 Å². The van der Waals surface area contributed by atoms with E-state index in [0.29, 0.717) is 6.61 Å². The molecule has 1 amide bonds. The molecule has 0 bridgehead atoms.